The molecule has 3 heteroatoms. The Morgan fingerprint density at radius 3 is 2.58 bits per heavy atom. The maximum Gasteiger partial charge on any atom is 0.0892 e. The molecule has 0 N–H and O–H groups in total. The number of pyridine rings is 2. The van der Waals surface area contributed by atoms with E-state index in [0.717, 1.165) is 22.2 Å². The molecule has 2 heterocycles. The number of aromatic nitrogens is 2. The van der Waals surface area contributed by atoms with Gasteiger partial charge in [-0.2, -0.15) is 0 Å². The lowest BCUT2D eigenvalue weighted by molar-refractivity contribution is 0.105. The zero-order valence-corrected chi connectivity index (χ0v) is 10.5. The summed E-state index contributed by atoms with van der Waals surface area (Å²) in [7, 11) is 0. The largest absolute Gasteiger partial charge is 0.370 e. The third kappa shape index (κ3) is 2.77. The van der Waals surface area contributed by atoms with Crippen LogP contribution in [0.15, 0.2) is 60.9 Å². The van der Waals surface area contributed by atoms with Crippen LogP contribution in [0.25, 0.3) is 10.9 Å². The first kappa shape index (κ1) is 11.8. The van der Waals surface area contributed by atoms with Crippen LogP contribution in [0.5, 0.6) is 0 Å². The van der Waals surface area contributed by atoms with Gasteiger partial charge in [0.2, 0.25) is 0 Å². The van der Waals surface area contributed by atoms with Crippen molar-refractivity contribution in [1.29, 1.82) is 0 Å². The summed E-state index contributed by atoms with van der Waals surface area (Å²) in [5.41, 5.74) is 3.05. The number of para-hydroxylation sites is 1. The molecule has 0 aliphatic carbocycles. The Hall–Kier alpha value is -2.26. The van der Waals surface area contributed by atoms with Gasteiger partial charge in [-0.1, -0.05) is 30.3 Å². The van der Waals surface area contributed by atoms with Gasteiger partial charge in [-0.25, -0.2) is 0 Å². The zero-order chi connectivity index (χ0) is 12.9. The molecule has 0 saturated heterocycles. The van der Waals surface area contributed by atoms with Gasteiger partial charge in [-0.3, -0.25) is 9.97 Å². The van der Waals surface area contributed by atoms with E-state index >= 15 is 0 Å². The minimum Gasteiger partial charge on any atom is -0.370 e. The normalized spacial score (nSPS) is 10.7. The van der Waals surface area contributed by atoms with E-state index in [9.17, 15) is 0 Å². The molecule has 1 aromatic carbocycles. The quantitative estimate of drug-likeness (QED) is 0.712. The molecule has 0 fully saturated rings. The lowest BCUT2D eigenvalue weighted by Crippen LogP contribution is -1.97. The number of rotatable bonds is 4. The maximum absolute atomic E-state index is 5.71. The maximum atomic E-state index is 5.71. The molecule has 0 atom stereocenters. The zero-order valence-electron chi connectivity index (χ0n) is 10.5. The monoisotopic (exact) mass is 250 g/mol. The second-order valence-electron chi connectivity index (χ2n) is 4.31. The first-order valence-electron chi connectivity index (χ1n) is 6.24. The number of nitrogens with zero attached hydrogens (tertiary/aromatic N) is 2. The highest BCUT2D eigenvalue weighted by molar-refractivity contribution is 5.81. The van der Waals surface area contributed by atoms with E-state index in [4.69, 9.17) is 4.74 Å². The number of fused-ring (bicyclic) bond motifs is 1. The fraction of sp³-hybridized carbons (Fsp3) is 0.125. The number of hydrogen-bond donors (Lipinski definition) is 0. The van der Waals surface area contributed by atoms with Gasteiger partial charge in [0.1, 0.15) is 0 Å². The van der Waals surface area contributed by atoms with Crippen molar-refractivity contribution >= 4 is 10.9 Å². The number of ether oxygens (including phenoxy) is 1. The minimum atomic E-state index is 0.518. The number of hydrogen-bond acceptors (Lipinski definition) is 3. The SMILES string of the molecule is c1ccc(COCc2cccc3cccnc23)nc1. The molecule has 0 aliphatic rings. The van der Waals surface area contributed by atoms with Crippen molar-refractivity contribution < 1.29 is 4.74 Å². The van der Waals surface area contributed by atoms with Gasteiger partial charge in [0.25, 0.3) is 0 Å². The average molecular weight is 250 g/mol. The van der Waals surface area contributed by atoms with Crippen LogP contribution in [0, 0.1) is 0 Å². The summed E-state index contributed by atoms with van der Waals surface area (Å²) in [6, 6.07) is 16.0. The molecule has 0 aliphatic heterocycles. The summed E-state index contributed by atoms with van der Waals surface area (Å²) in [5.74, 6) is 0. The van der Waals surface area contributed by atoms with Crippen LogP contribution >= 0.6 is 0 Å². The van der Waals surface area contributed by atoms with Gasteiger partial charge in [-0.15, -0.1) is 0 Å². The van der Waals surface area contributed by atoms with Gasteiger partial charge >= 0.3 is 0 Å². The van der Waals surface area contributed by atoms with Gasteiger partial charge in [0.05, 0.1) is 24.4 Å². The highest BCUT2D eigenvalue weighted by atomic mass is 16.5. The lowest BCUT2D eigenvalue weighted by atomic mass is 10.1. The lowest BCUT2D eigenvalue weighted by Gasteiger charge is -2.06. The van der Waals surface area contributed by atoms with Gasteiger partial charge < -0.3 is 4.74 Å². The van der Waals surface area contributed by atoms with Crippen LogP contribution in [-0.2, 0) is 18.0 Å². The smallest absolute Gasteiger partial charge is 0.0892 e. The van der Waals surface area contributed by atoms with Gasteiger partial charge in [-0.05, 0) is 18.2 Å². The summed E-state index contributed by atoms with van der Waals surface area (Å²) >= 11 is 0. The van der Waals surface area contributed by atoms with Crippen LogP contribution in [-0.4, -0.2) is 9.97 Å². The molecular weight excluding hydrogens is 236 g/mol. The Bertz CT molecular complexity index is 662. The van der Waals surface area contributed by atoms with E-state index in [1.54, 1.807) is 6.20 Å². The van der Waals surface area contributed by atoms with Gasteiger partial charge in [0, 0.05) is 23.3 Å². The van der Waals surface area contributed by atoms with E-state index in [2.05, 4.69) is 22.1 Å². The summed E-state index contributed by atoms with van der Waals surface area (Å²) in [6.07, 6.45) is 3.59. The van der Waals surface area contributed by atoms with E-state index in [1.165, 1.54) is 0 Å². The van der Waals surface area contributed by atoms with E-state index in [-0.39, 0.29) is 0 Å². The molecule has 0 spiro atoms. The van der Waals surface area contributed by atoms with E-state index < -0.39 is 0 Å². The second kappa shape index (κ2) is 5.59. The number of benzene rings is 1. The van der Waals surface area contributed by atoms with Crippen molar-refractivity contribution in [3.05, 3.63) is 72.2 Å². The summed E-state index contributed by atoms with van der Waals surface area (Å²) in [5, 5.41) is 1.14. The Balaban J connectivity index is 1.72. The Morgan fingerprint density at radius 2 is 1.68 bits per heavy atom. The topological polar surface area (TPSA) is 35.0 Å². The first-order valence-corrected chi connectivity index (χ1v) is 6.24. The highest BCUT2D eigenvalue weighted by Crippen LogP contribution is 2.17. The van der Waals surface area contributed by atoms with Crippen LogP contribution in [0.4, 0.5) is 0 Å². The standard InChI is InChI=1S/C16H14N2O/c1-2-9-17-15(8-1)12-19-11-14-6-3-5-13-7-4-10-18-16(13)14/h1-10H,11-12H2. The Morgan fingerprint density at radius 1 is 0.789 bits per heavy atom. The third-order valence-electron chi connectivity index (χ3n) is 2.95. The van der Waals surface area contributed by atoms with E-state index in [1.807, 2.05) is 42.6 Å². The molecule has 0 bridgehead atoms. The van der Waals surface area contributed by atoms with Crippen molar-refractivity contribution in [2.75, 3.05) is 0 Å². The van der Waals surface area contributed by atoms with Crippen molar-refractivity contribution in [1.82, 2.24) is 9.97 Å². The predicted molar refractivity (Wildman–Crippen MR) is 74.5 cm³/mol. The predicted octanol–water partition coefficient (Wildman–Crippen LogP) is 3.35. The fourth-order valence-electron chi connectivity index (χ4n) is 2.03. The second-order valence-corrected chi connectivity index (χ2v) is 4.31. The van der Waals surface area contributed by atoms with Crippen LogP contribution in [0.1, 0.15) is 11.3 Å². The highest BCUT2D eigenvalue weighted by Gasteiger charge is 2.02. The molecule has 0 radical (unpaired) electrons. The molecule has 0 amide bonds. The van der Waals surface area contributed by atoms with Crippen molar-refractivity contribution in [3.8, 4) is 0 Å². The summed E-state index contributed by atoms with van der Waals surface area (Å²) < 4.78 is 5.71. The van der Waals surface area contributed by atoms with Crippen LogP contribution < -0.4 is 0 Å². The summed E-state index contributed by atoms with van der Waals surface area (Å²) in [4.78, 5) is 8.64. The van der Waals surface area contributed by atoms with Crippen molar-refractivity contribution in [3.63, 3.8) is 0 Å². The van der Waals surface area contributed by atoms with Crippen molar-refractivity contribution in [2.24, 2.45) is 0 Å². The molecule has 0 unspecified atom stereocenters. The molecule has 3 aromatic rings. The molecule has 2 aromatic heterocycles. The molecule has 3 rings (SSSR count). The minimum absolute atomic E-state index is 0.518. The van der Waals surface area contributed by atoms with Gasteiger partial charge in [0.15, 0.2) is 0 Å². The van der Waals surface area contributed by atoms with E-state index in [0.29, 0.717) is 13.2 Å². The Labute approximate surface area is 111 Å². The fourth-order valence-corrected chi connectivity index (χ4v) is 2.03. The molecule has 94 valence electrons. The van der Waals surface area contributed by atoms with Crippen molar-refractivity contribution in [2.45, 2.75) is 13.2 Å². The molecule has 0 saturated carbocycles. The first-order chi connectivity index (χ1) is 9.43. The molecule has 3 nitrogen and oxygen atoms in total. The van der Waals surface area contributed by atoms with Crippen LogP contribution in [0.3, 0.4) is 0 Å². The third-order valence-corrected chi connectivity index (χ3v) is 2.95. The molecular formula is C16H14N2O. The summed E-state index contributed by atoms with van der Waals surface area (Å²) in [6.45, 7) is 1.06. The molecule has 19 heavy (non-hydrogen) atoms. The Kier molecular flexibility index (Phi) is 3.47. The average Bonchev–Trinajstić information content (AvgIpc) is 2.49. The van der Waals surface area contributed by atoms with Crippen LogP contribution in [0.2, 0.25) is 0 Å².